The van der Waals surface area contributed by atoms with Crippen LogP contribution >= 0.6 is 0 Å². The predicted molar refractivity (Wildman–Crippen MR) is 67.9 cm³/mol. The number of ether oxygens (including phenoxy) is 1. The highest BCUT2D eigenvalue weighted by Crippen LogP contribution is 2.23. The summed E-state index contributed by atoms with van der Waals surface area (Å²) in [5.41, 5.74) is 5.70. The van der Waals surface area contributed by atoms with Gasteiger partial charge in [0.15, 0.2) is 11.5 Å². The first-order valence-electron chi connectivity index (χ1n) is 6.51. The summed E-state index contributed by atoms with van der Waals surface area (Å²) < 4.78 is 5.28. The van der Waals surface area contributed by atoms with E-state index in [0.29, 0.717) is 12.5 Å². The topological polar surface area (TPSA) is 78.1 Å². The van der Waals surface area contributed by atoms with E-state index in [-0.39, 0.29) is 11.5 Å². The molecule has 1 aromatic rings. The summed E-state index contributed by atoms with van der Waals surface area (Å²) in [7, 11) is 0. The van der Waals surface area contributed by atoms with Crippen molar-refractivity contribution in [2.75, 3.05) is 12.3 Å². The van der Waals surface area contributed by atoms with Gasteiger partial charge in [0, 0.05) is 12.4 Å². The summed E-state index contributed by atoms with van der Waals surface area (Å²) in [4.78, 5) is 19.5. The van der Waals surface area contributed by atoms with Crippen molar-refractivity contribution >= 4 is 11.8 Å². The van der Waals surface area contributed by atoms with Crippen LogP contribution in [0.4, 0.5) is 5.82 Å². The van der Waals surface area contributed by atoms with Crippen molar-refractivity contribution in [3.63, 3.8) is 0 Å². The molecule has 1 aromatic heterocycles. The van der Waals surface area contributed by atoms with E-state index in [4.69, 9.17) is 10.5 Å². The molecular weight excluding hydrogens is 230 g/mol. The number of anilines is 1. The van der Waals surface area contributed by atoms with Crippen molar-refractivity contribution in [3.8, 4) is 0 Å². The number of nitrogen functional groups attached to an aromatic ring is 1. The van der Waals surface area contributed by atoms with Gasteiger partial charge in [-0.15, -0.1) is 0 Å². The number of esters is 1. The zero-order valence-corrected chi connectivity index (χ0v) is 10.5. The van der Waals surface area contributed by atoms with Gasteiger partial charge in [-0.05, 0) is 18.8 Å². The molecule has 1 aliphatic carbocycles. The van der Waals surface area contributed by atoms with Gasteiger partial charge in [-0.1, -0.05) is 25.7 Å². The molecule has 2 rings (SSSR count). The van der Waals surface area contributed by atoms with Gasteiger partial charge < -0.3 is 10.5 Å². The maximum Gasteiger partial charge on any atom is 0.360 e. The van der Waals surface area contributed by atoms with Crippen LogP contribution in [0.15, 0.2) is 12.4 Å². The molecule has 18 heavy (non-hydrogen) atoms. The van der Waals surface area contributed by atoms with E-state index in [1.807, 2.05) is 0 Å². The molecule has 0 aliphatic heterocycles. The van der Waals surface area contributed by atoms with E-state index in [1.165, 1.54) is 38.1 Å². The molecule has 5 heteroatoms. The van der Waals surface area contributed by atoms with Gasteiger partial charge in [-0.2, -0.15) is 0 Å². The third kappa shape index (κ3) is 3.42. The van der Waals surface area contributed by atoms with E-state index >= 15 is 0 Å². The van der Waals surface area contributed by atoms with Crippen LogP contribution < -0.4 is 5.73 Å². The van der Waals surface area contributed by atoms with E-state index in [9.17, 15) is 4.79 Å². The Morgan fingerprint density at radius 3 is 2.56 bits per heavy atom. The molecule has 1 heterocycles. The summed E-state index contributed by atoms with van der Waals surface area (Å²) in [6.07, 6.45) is 10.2. The summed E-state index contributed by atoms with van der Waals surface area (Å²) in [6, 6.07) is 0. The zero-order chi connectivity index (χ0) is 12.8. The molecule has 98 valence electrons. The van der Waals surface area contributed by atoms with Crippen molar-refractivity contribution in [2.24, 2.45) is 5.92 Å². The van der Waals surface area contributed by atoms with Crippen LogP contribution in [0.2, 0.25) is 0 Å². The maximum absolute atomic E-state index is 11.8. The molecule has 1 fully saturated rings. The molecule has 0 amide bonds. The van der Waals surface area contributed by atoms with Gasteiger partial charge in [0.2, 0.25) is 0 Å². The normalized spacial score (nSPS) is 17.1. The van der Waals surface area contributed by atoms with Crippen LogP contribution in [-0.4, -0.2) is 22.5 Å². The number of rotatable bonds is 3. The Labute approximate surface area is 107 Å². The minimum absolute atomic E-state index is 0.117. The molecule has 0 saturated heterocycles. The van der Waals surface area contributed by atoms with Crippen LogP contribution in [0.25, 0.3) is 0 Å². The third-order valence-electron chi connectivity index (χ3n) is 3.34. The fourth-order valence-electron chi connectivity index (χ4n) is 2.30. The minimum Gasteiger partial charge on any atom is -0.461 e. The van der Waals surface area contributed by atoms with Crippen molar-refractivity contribution in [1.82, 2.24) is 9.97 Å². The number of hydrogen-bond donors (Lipinski definition) is 1. The van der Waals surface area contributed by atoms with Gasteiger partial charge >= 0.3 is 5.97 Å². The van der Waals surface area contributed by atoms with Crippen LogP contribution in [0.1, 0.15) is 49.0 Å². The Morgan fingerprint density at radius 2 is 1.89 bits per heavy atom. The van der Waals surface area contributed by atoms with Gasteiger partial charge in [0.25, 0.3) is 0 Å². The third-order valence-corrected chi connectivity index (χ3v) is 3.34. The molecule has 0 bridgehead atoms. The van der Waals surface area contributed by atoms with Crippen LogP contribution in [0, 0.1) is 5.92 Å². The van der Waals surface area contributed by atoms with Crippen molar-refractivity contribution in [1.29, 1.82) is 0 Å². The van der Waals surface area contributed by atoms with Crippen LogP contribution in [0.3, 0.4) is 0 Å². The first-order valence-corrected chi connectivity index (χ1v) is 6.51. The maximum atomic E-state index is 11.8. The van der Waals surface area contributed by atoms with E-state index in [0.717, 1.165) is 12.8 Å². The average molecular weight is 249 g/mol. The summed E-state index contributed by atoms with van der Waals surface area (Å²) in [5, 5.41) is 0. The van der Waals surface area contributed by atoms with Crippen molar-refractivity contribution in [2.45, 2.75) is 38.5 Å². The molecule has 0 aromatic carbocycles. The number of aromatic nitrogens is 2. The molecular formula is C13H19N3O2. The Morgan fingerprint density at radius 1 is 1.22 bits per heavy atom. The van der Waals surface area contributed by atoms with Gasteiger partial charge in [-0.25, -0.2) is 14.8 Å². The number of hydrogen-bond acceptors (Lipinski definition) is 5. The number of carbonyl (C=O) groups excluding carboxylic acids is 1. The quantitative estimate of drug-likeness (QED) is 0.656. The summed E-state index contributed by atoms with van der Waals surface area (Å²) >= 11 is 0. The minimum atomic E-state index is -0.468. The van der Waals surface area contributed by atoms with Crippen LogP contribution in [-0.2, 0) is 4.74 Å². The van der Waals surface area contributed by atoms with E-state index in [2.05, 4.69) is 9.97 Å². The predicted octanol–water partition coefficient (Wildman–Crippen LogP) is 2.19. The van der Waals surface area contributed by atoms with Gasteiger partial charge in [0.1, 0.15) is 0 Å². The summed E-state index contributed by atoms with van der Waals surface area (Å²) in [6.45, 7) is 0.467. The highest BCUT2D eigenvalue weighted by atomic mass is 16.5. The average Bonchev–Trinajstić information content (AvgIpc) is 2.65. The second-order valence-electron chi connectivity index (χ2n) is 4.75. The fourth-order valence-corrected chi connectivity index (χ4v) is 2.30. The standard InChI is InChI=1S/C13H19N3O2/c14-12-11(15-7-8-16-12)13(17)18-9-10-5-3-1-2-4-6-10/h7-8,10H,1-6,9H2,(H2,14,16). The Kier molecular flexibility index (Phi) is 4.50. The molecule has 0 atom stereocenters. The molecule has 1 saturated carbocycles. The molecule has 0 spiro atoms. The van der Waals surface area contributed by atoms with Crippen molar-refractivity contribution < 1.29 is 9.53 Å². The fraction of sp³-hybridized carbons (Fsp3) is 0.615. The van der Waals surface area contributed by atoms with Gasteiger partial charge in [-0.3, -0.25) is 0 Å². The molecule has 5 nitrogen and oxygen atoms in total. The van der Waals surface area contributed by atoms with E-state index < -0.39 is 5.97 Å². The Balaban J connectivity index is 1.86. The van der Waals surface area contributed by atoms with Crippen molar-refractivity contribution in [3.05, 3.63) is 18.1 Å². The number of carbonyl (C=O) groups is 1. The lowest BCUT2D eigenvalue weighted by atomic mass is 10.0. The lowest BCUT2D eigenvalue weighted by Crippen LogP contribution is -2.16. The second kappa shape index (κ2) is 6.33. The Hall–Kier alpha value is -1.65. The monoisotopic (exact) mass is 249 g/mol. The highest BCUT2D eigenvalue weighted by molar-refractivity contribution is 5.91. The Bertz CT molecular complexity index is 401. The van der Waals surface area contributed by atoms with E-state index in [1.54, 1.807) is 0 Å². The largest absolute Gasteiger partial charge is 0.461 e. The molecule has 0 unspecified atom stereocenters. The number of nitrogens with zero attached hydrogens (tertiary/aromatic N) is 2. The van der Waals surface area contributed by atoms with Crippen LogP contribution in [0.5, 0.6) is 0 Å². The molecule has 1 aliphatic rings. The first-order chi connectivity index (χ1) is 8.77. The molecule has 0 radical (unpaired) electrons. The molecule has 2 N–H and O–H groups in total. The first kappa shape index (κ1) is 12.8. The van der Waals surface area contributed by atoms with Gasteiger partial charge in [0.05, 0.1) is 6.61 Å². The lowest BCUT2D eigenvalue weighted by Gasteiger charge is -2.13. The highest BCUT2D eigenvalue weighted by Gasteiger charge is 2.17. The zero-order valence-electron chi connectivity index (χ0n) is 10.5. The number of nitrogens with two attached hydrogens (primary N) is 1. The summed E-state index contributed by atoms with van der Waals surface area (Å²) in [5.74, 6) is 0.141. The SMILES string of the molecule is Nc1nccnc1C(=O)OCC1CCCCCC1. The smallest absolute Gasteiger partial charge is 0.360 e. The second-order valence-corrected chi connectivity index (χ2v) is 4.75. The lowest BCUT2D eigenvalue weighted by molar-refractivity contribution is 0.0422.